The predicted octanol–water partition coefficient (Wildman–Crippen LogP) is 3.64. The average molecular weight is 226 g/mol. The van der Waals surface area contributed by atoms with Crippen molar-refractivity contribution in [2.24, 2.45) is 0 Å². The second-order valence-corrected chi connectivity index (χ2v) is 4.42. The van der Waals surface area contributed by atoms with Crippen molar-refractivity contribution in [2.45, 2.75) is 26.4 Å². The molecule has 2 aromatic rings. The highest BCUT2D eigenvalue weighted by Gasteiger charge is 2.10. The molecule has 17 heavy (non-hydrogen) atoms. The van der Waals surface area contributed by atoms with E-state index in [0.29, 0.717) is 0 Å². The van der Waals surface area contributed by atoms with Crippen molar-refractivity contribution in [1.29, 1.82) is 0 Å². The zero-order valence-corrected chi connectivity index (χ0v) is 10.4. The molecule has 88 valence electrons. The van der Waals surface area contributed by atoms with Gasteiger partial charge in [0.05, 0.1) is 0 Å². The topological polar surface area (TPSA) is 20.2 Å². The van der Waals surface area contributed by atoms with Crippen LogP contribution in [-0.4, -0.2) is 5.11 Å². The normalized spacial score (nSPS) is 12.4. The second-order valence-electron chi connectivity index (χ2n) is 4.42. The molecule has 1 nitrogen and oxygen atoms in total. The largest absolute Gasteiger partial charge is 0.384 e. The molecule has 0 heterocycles. The Balaban J connectivity index is 2.33. The Bertz CT molecular complexity index is 502. The lowest BCUT2D eigenvalue weighted by Crippen LogP contribution is -2.00. The Hall–Kier alpha value is -1.60. The van der Waals surface area contributed by atoms with Crippen molar-refractivity contribution in [3.05, 3.63) is 70.8 Å². The quantitative estimate of drug-likeness (QED) is 0.847. The molecule has 0 bridgehead atoms. The minimum absolute atomic E-state index is 0.526. The SMILES string of the molecule is CCc1cccc(C(O)c2cccc(C)c2)c1. The van der Waals surface area contributed by atoms with Crippen molar-refractivity contribution < 1.29 is 5.11 Å². The van der Waals surface area contributed by atoms with Crippen molar-refractivity contribution >= 4 is 0 Å². The average Bonchev–Trinajstić information content (AvgIpc) is 2.38. The molecule has 0 saturated heterocycles. The third kappa shape index (κ3) is 2.75. The van der Waals surface area contributed by atoms with Crippen molar-refractivity contribution in [3.63, 3.8) is 0 Å². The Kier molecular flexibility index (Phi) is 3.60. The molecule has 1 N–H and O–H groups in total. The number of aliphatic hydroxyl groups is 1. The zero-order valence-electron chi connectivity index (χ0n) is 10.4. The van der Waals surface area contributed by atoms with E-state index < -0.39 is 6.10 Å². The lowest BCUT2D eigenvalue weighted by Gasteiger charge is -2.13. The molecule has 0 spiro atoms. The Morgan fingerprint density at radius 3 is 2.29 bits per heavy atom. The number of hydrogen-bond acceptors (Lipinski definition) is 1. The van der Waals surface area contributed by atoms with Gasteiger partial charge < -0.3 is 5.11 Å². The first-order valence-corrected chi connectivity index (χ1v) is 6.04. The van der Waals surface area contributed by atoms with E-state index in [9.17, 15) is 5.11 Å². The van der Waals surface area contributed by atoms with Crippen molar-refractivity contribution in [2.75, 3.05) is 0 Å². The summed E-state index contributed by atoms with van der Waals surface area (Å²) in [5, 5.41) is 10.3. The summed E-state index contributed by atoms with van der Waals surface area (Å²) in [5.41, 5.74) is 4.36. The molecule has 1 heteroatoms. The van der Waals surface area contributed by atoms with E-state index in [1.54, 1.807) is 0 Å². The second kappa shape index (κ2) is 5.15. The van der Waals surface area contributed by atoms with E-state index in [2.05, 4.69) is 19.1 Å². The first-order chi connectivity index (χ1) is 8.20. The maximum atomic E-state index is 10.3. The molecule has 2 aromatic carbocycles. The summed E-state index contributed by atoms with van der Waals surface area (Å²) in [5.74, 6) is 0. The van der Waals surface area contributed by atoms with Gasteiger partial charge in [-0.3, -0.25) is 0 Å². The Morgan fingerprint density at radius 1 is 1.00 bits per heavy atom. The summed E-state index contributed by atoms with van der Waals surface area (Å²) in [7, 11) is 0. The zero-order chi connectivity index (χ0) is 12.3. The van der Waals surface area contributed by atoms with Gasteiger partial charge in [0.1, 0.15) is 6.10 Å². The van der Waals surface area contributed by atoms with Gasteiger partial charge in [-0.2, -0.15) is 0 Å². The summed E-state index contributed by atoms with van der Waals surface area (Å²) in [6, 6.07) is 16.2. The minimum Gasteiger partial charge on any atom is -0.384 e. The first-order valence-electron chi connectivity index (χ1n) is 6.04. The third-order valence-corrected chi connectivity index (χ3v) is 3.03. The van der Waals surface area contributed by atoms with Gasteiger partial charge in [-0.25, -0.2) is 0 Å². The molecule has 0 aliphatic heterocycles. The number of rotatable bonds is 3. The van der Waals surface area contributed by atoms with E-state index in [1.165, 1.54) is 11.1 Å². The first kappa shape index (κ1) is 11.9. The van der Waals surface area contributed by atoms with E-state index >= 15 is 0 Å². The van der Waals surface area contributed by atoms with Crippen LogP contribution >= 0.6 is 0 Å². The van der Waals surface area contributed by atoms with E-state index in [4.69, 9.17) is 0 Å². The van der Waals surface area contributed by atoms with Gasteiger partial charge in [0.2, 0.25) is 0 Å². The van der Waals surface area contributed by atoms with Crippen LogP contribution in [0.2, 0.25) is 0 Å². The van der Waals surface area contributed by atoms with Gasteiger partial charge in [0, 0.05) is 0 Å². The molecule has 1 atom stereocenters. The molecule has 0 radical (unpaired) electrons. The standard InChI is InChI=1S/C16H18O/c1-3-13-7-5-9-15(11-13)16(17)14-8-4-6-12(2)10-14/h4-11,16-17H,3H2,1-2H3. The highest BCUT2D eigenvalue weighted by Crippen LogP contribution is 2.23. The van der Waals surface area contributed by atoms with Crippen LogP contribution in [0.5, 0.6) is 0 Å². The van der Waals surface area contributed by atoms with Crippen LogP contribution in [0.4, 0.5) is 0 Å². The monoisotopic (exact) mass is 226 g/mol. The molecule has 0 saturated carbocycles. The lowest BCUT2D eigenvalue weighted by atomic mass is 9.98. The molecular formula is C16H18O. The third-order valence-electron chi connectivity index (χ3n) is 3.03. The molecule has 0 amide bonds. The fraction of sp³-hybridized carbons (Fsp3) is 0.250. The van der Waals surface area contributed by atoms with Gasteiger partial charge >= 0.3 is 0 Å². The van der Waals surface area contributed by atoms with E-state index in [-0.39, 0.29) is 0 Å². The van der Waals surface area contributed by atoms with Crippen molar-refractivity contribution in [3.8, 4) is 0 Å². The molecule has 0 aliphatic rings. The molecule has 1 unspecified atom stereocenters. The summed E-state index contributed by atoms with van der Waals surface area (Å²) in [6.07, 6.45) is 0.468. The maximum Gasteiger partial charge on any atom is 0.104 e. The number of benzene rings is 2. The number of aryl methyl sites for hydroxylation is 2. The predicted molar refractivity (Wildman–Crippen MR) is 71.1 cm³/mol. The summed E-state index contributed by atoms with van der Waals surface area (Å²) in [6.45, 7) is 4.16. The maximum absolute atomic E-state index is 10.3. The summed E-state index contributed by atoms with van der Waals surface area (Å²) in [4.78, 5) is 0. The molecule has 0 fully saturated rings. The molecule has 0 aromatic heterocycles. The summed E-state index contributed by atoms with van der Waals surface area (Å²) >= 11 is 0. The molecule has 2 rings (SSSR count). The van der Waals surface area contributed by atoms with Crippen LogP contribution in [-0.2, 0) is 6.42 Å². The van der Waals surface area contributed by atoms with E-state index in [1.807, 2.05) is 43.3 Å². The van der Waals surface area contributed by atoms with Gasteiger partial charge in [0.15, 0.2) is 0 Å². The molecular weight excluding hydrogens is 208 g/mol. The van der Waals surface area contributed by atoms with Crippen molar-refractivity contribution in [1.82, 2.24) is 0 Å². The highest BCUT2D eigenvalue weighted by molar-refractivity contribution is 5.34. The van der Waals surface area contributed by atoms with Gasteiger partial charge in [-0.05, 0) is 30.0 Å². The van der Waals surface area contributed by atoms with E-state index in [0.717, 1.165) is 17.5 Å². The Morgan fingerprint density at radius 2 is 1.65 bits per heavy atom. The molecule has 0 aliphatic carbocycles. The summed E-state index contributed by atoms with van der Waals surface area (Å²) < 4.78 is 0. The van der Waals surface area contributed by atoms with Gasteiger partial charge in [-0.1, -0.05) is 61.0 Å². The van der Waals surface area contributed by atoms with Crippen LogP contribution in [0.1, 0.15) is 35.3 Å². The van der Waals surface area contributed by atoms with Gasteiger partial charge in [-0.15, -0.1) is 0 Å². The van der Waals surface area contributed by atoms with Crippen LogP contribution in [0, 0.1) is 6.92 Å². The van der Waals surface area contributed by atoms with Crippen LogP contribution < -0.4 is 0 Å². The lowest BCUT2D eigenvalue weighted by molar-refractivity contribution is 0.220. The fourth-order valence-electron chi connectivity index (χ4n) is 2.02. The fourth-order valence-corrected chi connectivity index (χ4v) is 2.02. The number of aliphatic hydroxyl groups excluding tert-OH is 1. The number of hydrogen-bond donors (Lipinski definition) is 1. The van der Waals surface area contributed by atoms with Crippen LogP contribution in [0.3, 0.4) is 0 Å². The van der Waals surface area contributed by atoms with Crippen LogP contribution in [0.25, 0.3) is 0 Å². The minimum atomic E-state index is -0.526. The Labute approximate surface area is 103 Å². The van der Waals surface area contributed by atoms with Gasteiger partial charge in [0.25, 0.3) is 0 Å². The highest BCUT2D eigenvalue weighted by atomic mass is 16.3. The van der Waals surface area contributed by atoms with Crippen LogP contribution in [0.15, 0.2) is 48.5 Å². The smallest absolute Gasteiger partial charge is 0.104 e.